The molecular formula is C11H11BrN2O. The van der Waals surface area contributed by atoms with Crippen LogP contribution in [-0.4, -0.2) is 12.2 Å². The van der Waals surface area contributed by atoms with Crippen molar-refractivity contribution in [2.45, 2.75) is 6.54 Å². The molecular weight excluding hydrogens is 256 g/mol. The van der Waals surface area contributed by atoms with E-state index in [-0.39, 0.29) is 0 Å². The molecule has 0 spiro atoms. The first-order valence-corrected chi connectivity index (χ1v) is 5.45. The van der Waals surface area contributed by atoms with Crippen molar-refractivity contribution < 1.29 is 4.52 Å². The van der Waals surface area contributed by atoms with Crippen molar-refractivity contribution in [2.75, 3.05) is 7.05 Å². The normalized spacial score (nSPS) is 10.5. The third-order valence-corrected chi connectivity index (χ3v) is 2.52. The van der Waals surface area contributed by atoms with Crippen molar-refractivity contribution in [1.82, 2.24) is 10.5 Å². The molecule has 3 nitrogen and oxygen atoms in total. The fraction of sp³-hybridized carbons (Fsp3) is 0.182. The Morgan fingerprint density at radius 3 is 3.00 bits per heavy atom. The largest absolute Gasteiger partial charge is 0.356 e. The minimum absolute atomic E-state index is 0.720. The molecule has 1 heterocycles. The maximum Gasteiger partial charge on any atom is 0.167 e. The van der Waals surface area contributed by atoms with Gasteiger partial charge in [-0.3, -0.25) is 0 Å². The molecule has 0 atom stereocenters. The average Bonchev–Trinajstić information content (AvgIpc) is 2.67. The molecule has 2 rings (SSSR count). The first-order chi connectivity index (χ1) is 7.29. The van der Waals surface area contributed by atoms with Crippen molar-refractivity contribution in [1.29, 1.82) is 0 Å². The van der Waals surface area contributed by atoms with Crippen LogP contribution >= 0.6 is 15.9 Å². The Labute approximate surface area is 96.6 Å². The minimum Gasteiger partial charge on any atom is -0.356 e. The summed E-state index contributed by atoms with van der Waals surface area (Å²) in [5.41, 5.74) is 1.94. The summed E-state index contributed by atoms with van der Waals surface area (Å²) in [5.74, 6) is 0.793. The molecule has 15 heavy (non-hydrogen) atoms. The fourth-order valence-electron chi connectivity index (χ4n) is 1.35. The molecule has 0 aliphatic rings. The zero-order chi connectivity index (χ0) is 10.7. The summed E-state index contributed by atoms with van der Waals surface area (Å²) in [6, 6.07) is 9.89. The number of nitrogens with one attached hydrogen (secondary N) is 1. The third kappa shape index (κ3) is 2.46. The molecule has 78 valence electrons. The molecule has 0 bridgehead atoms. The number of benzene rings is 1. The van der Waals surface area contributed by atoms with E-state index in [1.54, 1.807) is 0 Å². The monoisotopic (exact) mass is 266 g/mol. The van der Waals surface area contributed by atoms with E-state index in [4.69, 9.17) is 4.52 Å². The summed E-state index contributed by atoms with van der Waals surface area (Å²) in [4.78, 5) is 0. The van der Waals surface area contributed by atoms with Crippen LogP contribution < -0.4 is 5.32 Å². The summed E-state index contributed by atoms with van der Waals surface area (Å²) in [7, 11) is 1.88. The van der Waals surface area contributed by atoms with Gasteiger partial charge in [0.05, 0.1) is 5.69 Å². The van der Waals surface area contributed by atoms with E-state index < -0.39 is 0 Å². The van der Waals surface area contributed by atoms with Gasteiger partial charge in [0.2, 0.25) is 0 Å². The van der Waals surface area contributed by atoms with Crippen LogP contribution in [0.3, 0.4) is 0 Å². The van der Waals surface area contributed by atoms with Gasteiger partial charge >= 0.3 is 0 Å². The van der Waals surface area contributed by atoms with Crippen LogP contribution in [0.2, 0.25) is 0 Å². The highest BCUT2D eigenvalue weighted by Crippen LogP contribution is 2.23. The quantitative estimate of drug-likeness (QED) is 0.929. The molecule has 0 unspecified atom stereocenters. The lowest BCUT2D eigenvalue weighted by atomic mass is 10.2. The molecule has 0 aliphatic heterocycles. The Morgan fingerprint density at radius 2 is 2.27 bits per heavy atom. The van der Waals surface area contributed by atoms with Crippen LogP contribution in [0.1, 0.15) is 5.69 Å². The van der Waals surface area contributed by atoms with E-state index in [1.807, 2.05) is 37.4 Å². The highest BCUT2D eigenvalue weighted by molar-refractivity contribution is 9.10. The van der Waals surface area contributed by atoms with Gasteiger partial charge in [-0.1, -0.05) is 33.2 Å². The molecule has 1 aromatic carbocycles. The van der Waals surface area contributed by atoms with Gasteiger partial charge in [0.15, 0.2) is 5.76 Å². The van der Waals surface area contributed by atoms with Crippen molar-refractivity contribution >= 4 is 15.9 Å². The van der Waals surface area contributed by atoms with Crippen LogP contribution in [0.25, 0.3) is 11.3 Å². The Bertz CT molecular complexity index is 453. The Hall–Kier alpha value is -1.13. The molecule has 0 aliphatic carbocycles. The van der Waals surface area contributed by atoms with E-state index >= 15 is 0 Å². The van der Waals surface area contributed by atoms with Gasteiger partial charge in [-0.2, -0.15) is 0 Å². The predicted octanol–water partition coefficient (Wildman–Crippen LogP) is 2.82. The molecule has 0 amide bonds. The van der Waals surface area contributed by atoms with E-state index in [2.05, 4.69) is 26.4 Å². The van der Waals surface area contributed by atoms with Crippen LogP contribution in [0.15, 0.2) is 39.3 Å². The topological polar surface area (TPSA) is 38.1 Å². The number of rotatable bonds is 3. The maximum atomic E-state index is 5.25. The average molecular weight is 267 g/mol. The zero-order valence-corrected chi connectivity index (χ0v) is 9.91. The molecule has 0 saturated heterocycles. The highest BCUT2D eigenvalue weighted by Gasteiger charge is 2.05. The Morgan fingerprint density at radius 1 is 1.40 bits per heavy atom. The van der Waals surface area contributed by atoms with Gasteiger partial charge in [-0.25, -0.2) is 0 Å². The van der Waals surface area contributed by atoms with Gasteiger partial charge < -0.3 is 9.84 Å². The molecule has 1 aromatic heterocycles. The number of halogens is 1. The van der Waals surface area contributed by atoms with Crippen molar-refractivity contribution in [2.24, 2.45) is 0 Å². The summed E-state index contributed by atoms with van der Waals surface area (Å²) >= 11 is 3.42. The van der Waals surface area contributed by atoms with Crippen molar-refractivity contribution in [3.8, 4) is 11.3 Å². The zero-order valence-electron chi connectivity index (χ0n) is 8.33. The minimum atomic E-state index is 0.720. The Balaban J connectivity index is 2.29. The standard InChI is InChI=1S/C11H11BrN2O/c1-13-7-10-6-11(15-14-10)8-3-2-4-9(12)5-8/h2-6,13H,7H2,1H3. The smallest absolute Gasteiger partial charge is 0.167 e. The second-order valence-electron chi connectivity index (χ2n) is 3.22. The van der Waals surface area contributed by atoms with Crippen LogP contribution in [0.5, 0.6) is 0 Å². The predicted molar refractivity (Wildman–Crippen MR) is 62.4 cm³/mol. The lowest BCUT2D eigenvalue weighted by molar-refractivity contribution is 0.421. The lowest BCUT2D eigenvalue weighted by Crippen LogP contribution is -2.04. The lowest BCUT2D eigenvalue weighted by Gasteiger charge is -1.94. The molecule has 2 aromatic rings. The second kappa shape index (κ2) is 4.59. The number of hydrogen-bond donors (Lipinski definition) is 1. The van der Waals surface area contributed by atoms with Gasteiger partial charge in [0, 0.05) is 22.6 Å². The first kappa shape index (κ1) is 10.4. The molecule has 0 radical (unpaired) electrons. The molecule has 1 N–H and O–H groups in total. The fourth-order valence-corrected chi connectivity index (χ4v) is 1.75. The summed E-state index contributed by atoms with van der Waals surface area (Å²) in [5, 5.41) is 6.99. The summed E-state index contributed by atoms with van der Waals surface area (Å²) in [6.45, 7) is 0.720. The summed E-state index contributed by atoms with van der Waals surface area (Å²) < 4.78 is 6.28. The van der Waals surface area contributed by atoms with E-state index in [9.17, 15) is 0 Å². The van der Waals surface area contributed by atoms with Gasteiger partial charge in [-0.15, -0.1) is 0 Å². The molecule has 0 saturated carbocycles. The van der Waals surface area contributed by atoms with Crippen LogP contribution in [0, 0.1) is 0 Å². The summed E-state index contributed by atoms with van der Waals surface area (Å²) in [6.07, 6.45) is 0. The Kier molecular flexibility index (Phi) is 3.18. The van der Waals surface area contributed by atoms with Gasteiger partial charge in [-0.05, 0) is 19.2 Å². The van der Waals surface area contributed by atoms with Crippen molar-refractivity contribution in [3.05, 3.63) is 40.5 Å². The highest BCUT2D eigenvalue weighted by atomic mass is 79.9. The molecule has 0 fully saturated rings. The number of hydrogen-bond acceptors (Lipinski definition) is 3. The maximum absolute atomic E-state index is 5.25. The first-order valence-electron chi connectivity index (χ1n) is 4.66. The van der Waals surface area contributed by atoms with E-state index in [0.29, 0.717) is 0 Å². The van der Waals surface area contributed by atoms with Crippen molar-refractivity contribution in [3.63, 3.8) is 0 Å². The van der Waals surface area contributed by atoms with E-state index in [1.165, 1.54) is 0 Å². The molecule has 4 heteroatoms. The van der Waals surface area contributed by atoms with Gasteiger partial charge in [0.25, 0.3) is 0 Å². The van der Waals surface area contributed by atoms with Crippen LogP contribution in [0.4, 0.5) is 0 Å². The third-order valence-electron chi connectivity index (χ3n) is 2.03. The van der Waals surface area contributed by atoms with Gasteiger partial charge in [0.1, 0.15) is 0 Å². The van der Waals surface area contributed by atoms with E-state index in [0.717, 1.165) is 28.0 Å². The van der Waals surface area contributed by atoms with Crippen LogP contribution in [-0.2, 0) is 6.54 Å². The SMILES string of the molecule is CNCc1cc(-c2cccc(Br)c2)on1. The second-order valence-corrected chi connectivity index (χ2v) is 4.14. The number of nitrogens with zero attached hydrogens (tertiary/aromatic N) is 1. The number of aromatic nitrogens is 1.